The van der Waals surface area contributed by atoms with E-state index in [0.29, 0.717) is 5.88 Å². The molecule has 2 aromatic carbocycles. The molecule has 152 valence electrons. The normalized spacial score (nSPS) is 12.0. The van der Waals surface area contributed by atoms with E-state index in [4.69, 9.17) is 4.74 Å². The van der Waals surface area contributed by atoms with Gasteiger partial charge < -0.3 is 10.1 Å². The van der Waals surface area contributed by atoms with Crippen LogP contribution in [0.3, 0.4) is 0 Å². The van der Waals surface area contributed by atoms with Crippen LogP contribution in [0, 0.1) is 6.92 Å². The largest absolute Gasteiger partial charge is 0.480 e. The van der Waals surface area contributed by atoms with Crippen molar-refractivity contribution < 1.29 is 9.53 Å². The Kier molecular flexibility index (Phi) is 5.48. The maximum absolute atomic E-state index is 13.0. The highest BCUT2D eigenvalue weighted by Crippen LogP contribution is 2.27. The lowest BCUT2D eigenvalue weighted by atomic mass is 9.95. The van der Waals surface area contributed by atoms with Crippen molar-refractivity contribution in [2.24, 2.45) is 0 Å². The summed E-state index contributed by atoms with van der Waals surface area (Å²) in [5.74, 6) is 0.321. The molecular formula is C24H24N4O2. The van der Waals surface area contributed by atoms with Gasteiger partial charge in [0.1, 0.15) is 0 Å². The maximum Gasteiger partial charge on any atom is 0.231 e. The van der Waals surface area contributed by atoms with E-state index >= 15 is 0 Å². The summed E-state index contributed by atoms with van der Waals surface area (Å²) in [6.07, 6.45) is 2.58. The molecule has 0 spiro atoms. The molecule has 0 bridgehead atoms. The van der Waals surface area contributed by atoms with E-state index in [1.54, 1.807) is 17.7 Å². The molecule has 0 aliphatic carbocycles. The van der Waals surface area contributed by atoms with Gasteiger partial charge in [0.05, 0.1) is 24.9 Å². The molecule has 2 aromatic heterocycles. The van der Waals surface area contributed by atoms with Crippen LogP contribution in [0.4, 0.5) is 5.69 Å². The van der Waals surface area contributed by atoms with Gasteiger partial charge in [-0.25, -0.2) is 9.50 Å². The van der Waals surface area contributed by atoms with E-state index < -0.39 is 0 Å². The minimum absolute atomic E-state index is 0.00893. The van der Waals surface area contributed by atoms with Crippen LogP contribution < -0.4 is 10.1 Å². The number of benzene rings is 2. The van der Waals surface area contributed by atoms with Crippen LogP contribution in [0.15, 0.2) is 66.9 Å². The molecule has 0 aliphatic rings. The molecule has 6 heteroatoms. The minimum Gasteiger partial charge on any atom is -0.480 e. The van der Waals surface area contributed by atoms with Crippen LogP contribution in [0.2, 0.25) is 0 Å². The molecule has 2 heterocycles. The summed E-state index contributed by atoms with van der Waals surface area (Å²) in [6.45, 7) is 4.01. The van der Waals surface area contributed by atoms with Crippen LogP contribution >= 0.6 is 0 Å². The second-order valence-corrected chi connectivity index (χ2v) is 7.20. The van der Waals surface area contributed by atoms with Crippen LogP contribution in [0.5, 0.6) is 5.88 Å². The fraction of sp³-hybridized carbons (Fsp3) is 0.208. The summed E-state index contributed by atoms with van der Waals surface area (Å²) in [5, 5.41) is 7.47. The molecule has 0 fully saturated rings. The number of hydrogen-bond donors (Lipinski definition) is 1. The standard InChI is InChI=1S/C24H24N4O2/c1-4-19(17-8-6-5-7-9-17)24(29)26-20-14-18(11-10-16(20)2)21-15-28-22(25-21)12-13-23(27-28)30-3/h5-15,19H,4H2,1-3H3,(H,26,29). The molecule has 30 heavy (non-hydrogen) atoms. The van der Waals surface area contributed by atoms with Gasteiger partial charge in [-0.3, -0.25) is 4.79 Å². The van der Waals surface area contributed by atoms with Crippen LogP contribution in [0.1, 0.15) is 30.4 Å². The summed E-state index contributed by atoms with van der Waals surface area (Å²) in [6, 6.07) is 19.5. The van der Waals surface area contributed by atoms with Crippen molar-refractivity contribution >= 4 is 17.2 Å². The Morgan fingerprint density at radius 3 is 2.67 bits per heavy atom. The summed E-state index contributed by atoms with van der Waals surface area (Å²) < 4.78 is 6.87. The molecule has 1 N–H and O–H groups in total. The number of nitrogens with one attached hydrogen (secondary N) is 1. The Labute approximate surface area is 175 Å². The number of aromatic nitrogens is 3. The number of ether oxygens (including phenoxy) is 1. The van der Waals surface area contributed by atoms with E-state index in [9.17, 15) is 4.79 Å². The predicted octanol–water partition coefficient (Wildman–Crippen LogP) is 4.85. The number of aryl methyl sites for hydroxylation is 1. The minimum atomic E-state index is -0.193. The third kappa shape index (κ3) is 3.89. The van der Waals surface area contributed by atoms with Gasteiger partial charge in [0, 0.05) is 17.3 Å². The van der Waals surface area contributed by atoms with Crippen molar-refractivity contribution in [2.45, 2.75) is 26.2 Å². The fourth-order valence-electron chi connectivity index (χ4n) is 3.51. The first-order chi connectivity index (χ1) is 14.6. The van der Waals surface area contributed by atoms with E-state index in [1.165, 1.54) is 0 Å². The third-order valence-electron chi connectivity index (χ3n) is 5.22. The monoisotopic (exact) mass is 400 g/mol. The van der Waals surface area contributed by atoms with Crippen molar-refractivity contribution in [1.82, 2.24) is 14.6 Å². The second-order valence-electron chi connectivity index (χ2n) is 7.20. The van der Waals surface area contributed by atoms with E-state index in [1.807, 2.05) is 74.6 Å². The summed E-state index contributed by atoms with van der Waals surface area (Å²) in [4.78, 5) is 17.6. The lowest BCUT2D eigenvalue weighted by Gasteiger charge is -2.17. The molecule has 0 saturated carbocycles. The summed E-state index contributed by atoms with van der Waals surface area (Å²) >= 11 is 0. The quantitative estimate of drug-likeness (QED) is 0.503. The molecule has 4 aromatic rings. The van der Waals surface area contributed by atoms with Gasteiger partial charge in [-0.15, -0.1) is 5.10 Å². The molecule has 6 nitrogen and oxygen atoms in total. The molecule has 1 amide bonds. The van der Waals surface area contributed by atoms with Crippen LogP contribution in [-0.2, 0) is 4.79 Å². The number of amides is 1. The van der Waals surface area contributed by atoms with Crippen molar-refractivity contribution in [3.63, 3.8) is 0 Å². The van der Waals surface area contributed by atoms with Gasteiger partial charge >= 0.3 is 0 Å². The van der Waals surface area contributed by atoms with Gasteiger partial charge in [0.15, 0.2) is 5.65 Å². The zero-order valence-electron chi connectivity index (χ0n) is 17.3. The van der Waals surface area contributed by atoms with Crippen molar-refractivity contribution in [3.05, 3.63) is 78.0 Å². The van der Waals surface area contributed by atoms with Crippen molar-refractivity contribution in [2.75, 3.05) is 12.4 Å². The van der Waals surface area contributed by atoms with Crippen LogP contribution in [0.25, 0.3) is 16.9 Å². The highest BCUT2D eigenvalue weighted by Gasteiger charge is 2.19. The number of rotatable bonds is 6. The first-order valence-corrected chi connectivity index (χ1v) is 9.96. The molecule has 0 aliphatic heterocycles. The smallest absolute Gasteiger partial charge is 0.231 e. The number of imidazole rings is 1. The van der Waals surface area contributed by atoms with Gasteiger partial charge in [0.25, 0.3) is 0 Å². The van der Waals surface area contributed by atoms with Crippen molar-refractivity contribution in [3.8, 4) is 17.1 Å². The Morgan fingerprint density at radius 1 is 1.13 bits per heavy atom. The zero-order chi connectivity index (χ0) is 21.1. The van der Waals surface area contributed by atoms with Crippen LogP contribution in [-0.4, -0.2) is 27.6 Å². The number of hydrogen-bond acceptors (Lipinski definition) is 4. The summed E-state index contributed by atoms with van der Waals surface area (Å²) in [7, 11) is 1.58. The highest BCUT2D eigenvalue weighted by molar-refractivity contribution is 5.97. The summed E-state index contributed by atoms with van der Waals surface area (Å²) in [5.41, 5.74) is 5.22. The van der Waals surface area contributed by atoms with Gasteiger partial charge in [-0.2, -0.15) is 0 Å². The topological polar surface area (TPSA) is 68.5 Å². The van der Waals surface area contributed by atoms with E-state index in [2.05, 4.69) is 15.4 Å². The fourth-order valence-corrected chi connectivity index (χ4v) is 3.51. The maximum atomic E-state index is 13.0. The van der Waals surface area contributed by atoms with Crippen molar-refractivity contribution in [1.29, 1.82) is 0 Å². The SMILES string of the molecule is CCC(C(=O)Nc1cc(-c2cn3nc(OC)ccc3n2)ccc1C)c1ccccc1. The molecule has 1 unspecified atom stereocenters. The van der Waals surface area contributed by atoms with Gasteiger partial charge in [-0.1, -0.05) is 49.4 Å². The Morgan fingerprint density at radius 2 is 1.93 bits per heavy atom. The van der Waals surface area contributed by atoms with Gasteiger partial charge in [0.2, 0.25) is 11.8 Å². The Balaban J connectivity index is 1.62. The molecule has 4 rings (SSSR count). The number of methoxy groups -OCH3 is 1. The number of anilines is 1. The Bertz CT molecular complexity index is 1180. The molecule has 1 atom stereocenters. The Hall–Kier alpha value is -3.67. The molecule has 0 saturated heterocycles. The highest BCUT2D eigenvalue weighted by atomic mass is 16.5. The zero-order valence-corrected chi connectivity index (χ0v) is 17.3. The number of carbonyl (C=O) groups excluding carboxylic acids is 1. The molecular weight excluding hydrogens is 376 g/mol. The first-order valence-electron chi connectivity index (χ1n) is 9.96. The first kappa shape index (κ1) is 19.6. The average Bonchev–Trinajstić information content (AvgIpc) is 3.20. The number of nitrogens with zero attached hydrogens (tertiary/aromatic N) is 3. The number of fused-ring (bicyclic) bond motifs is 1. The molecule has 0 radical (unpaired) electrons. The lowest BCUT2D eigenvalue weighted by Crippen LogP contribution is -2.21. The van der Waals surface area contributed by atoms with Gasteiger partial charge in [-0.05, 0) is 36.6 Å². The second kappa shape index (κ2) is 8.37. The van der Waals surface area contributed by atoms with E-state index in [-0.39, 0.29) is 11.8 Å². The third-order valence-corrected chi connectivity index (χ3v) is 5.22. The van der Waals surface area contributed by atoms with E-state index in [0.717, 1.165) is 40.1 Å². The lowest BCUT2D eigenvalue weighted by molar-refractivity contribution is -0.117. The number of carbonyl (C=O) groups is 1. The predicted molar refractivity (Wildman–Crippen MR) is 118 cm³/mol. The average molecular weight is 400 g/mol.